The Kier molecular flexibility index (Phi) is 3.89. The zero-order valence-corrected chi connectivity index (χ0v) is 11.6. The fourth-order valence-electron chi connectivity index (χ4n) is 1.49. The van der Waals surface area contributed by atoms with E-state index in [1.165, 1.54) is 0 Å². The molecule has 2 rings (SSSR count). The molecule has 3 nitrogen and oxygen atoms in total. The second-order valence-corrected chi connectivity index (χ2v) is 5.03. The number of nitrogens with two attached hydrogens (primary N) is 1. The highest BCUT2D eigenvalue weighted by Gasteiger charge is 2.10. The molecule has 2 aromatic rings. The molecule has 0 aliphatic carbocycles. The minimum atomic E-state index is -0.266. The molecule has 2 aromatic carbocycles. The maximum absolute atomic E-state index is 12.0. The van der Waals surface area contributed by atoms with Crippen molar-refractivity contribution in [3.8, 4) is 0 Å². The monoisotopic (exact) mass is 324 g/mol. The SMILES string of the molecule is Nc1cccc(NC(=O)c2ccc(Br)cc2Cl)c1. The third-order valence-electron chi connectivity index (χ3n) is 2.32. The second-order valence-electron chi connectivity index (χ2n) is 3.70. The van der Waals surface area contributed by atoms with Crippen LogP contribution < -0.4 is 11.1 Å². The van der Waals surface area contributed by atoms with Gasteiger partial charge in [0, 0.05) is 15.8 Å². The van der Waals surface area contributed by atoms with Gasteiger partial charge in [-0.1, -0.05) is 33.6 Å². The molecule has 0 saturated carbocycles. The first-order valence-corrected chi connectivity index (χ1v) is 6.35. The normalized spacial score (nSPS) is 10.1. The number of anilines is 2. The number of halogens is 2. The van der Waals surface area contributed by atoms with Gasteiger partial charge in [-0.3, -0.25) is 4.79 Å². The van der Waals surface area contributed by atoms with E-state index in [1.807, 2.05) is 0 Å². The number of hydrogen-bond acceptors (Lipinski definition) is 2. The Bertz CT molecular complexity index is 601. The van der Waals surface area contributed by atoms with Crippen LogP contribution in [0.1, 0.15) is 10.4 Å². The Balaban J connectivity index is 2.22. The number of carbonyl (C=O) groups excluding carboxylic acids is 1. The summed E-state index contributed by atoms with van der Waals surface area (Å²) < 4.78 is 0.827. The molecule has 5 heteroatoms. The minimum absolute atomic E-state index is 0.266. The maximum Gasteiger partial charge on any atom is 0.257 e. The zero-order chi connectivity index (χ0) is 13.1. The molecule has 0 aliphatic rings. The fraction of sp³-hybridized carbons (Fsp3) is 0. The van der Waals surface area contributed by atoms with Crippen LogP contribution in [0.25, 0.3) is 0 Å². The van der Waals surface area contributed by atoms with E-state index in [9.17, 15) is 4.79 Å². The number of nitrogens with one attached hydrogen (secondary N) is 1. The average Bonchev–Trinajstić information content (AvgIpc) is 2.28. The van der Waals surface area contributed by atoms with Crippen LogP contribution in [-0.4, -0.2) is 5.91 Å². The summed E-state index contributed by atoms with van der Waals surface area (Å²) in [5, 5.41) is 3.13. The van der Waals surface area contributed by atoms with E-state index < -0.39 is 0 Å². The molecule has 0 aliphatic heterocycles. The van der Waals surface area contributed by atoms with Crippen LogP contribution in [0, 0.1) is 0 Å². The van der Waals surface area contributed by atoms with E-state index >= 15 is 0 Å². The summed E-state index contributed by atoms with van der Waals surface area (Å²) >= 11 is 9.30. The van der Waals surface area contributed by atoms with Crippen LogP contribution in [0.2, 0.25) is 5.02 Å². The lowest BCUT2D eigenvalue weighted by Gasteiger charge is -2.07. The Morgan fingerprint density at radius 1 is 1.22 bits per heavy atom. The summed E-state index contributed by atoms with van der Waals surface area (Å²) in [4.78, 5) is 12.0. The molecule has 0 spiro atoms. The summed E-state index contributed by atoms with van der Waals surface area (Å²) in [7, 11) is 0. The van der Waals surface area contributed by atoms with Crippen molar-refractivity contribution >= 4 is 44.8 Å². The lowest BCUT2D eigenvalue weighted by Crippen LogP contribution is -2.12. The van der Waals surface area contributed by atoms with E-state index in [1.54, 1.807) is 42.5 Å². The van der Waals surface area contributed by atoms with Crippen molar-refractivity contribution in [1.29, 1.82) is 0 Å². The Hall–Kier alpha value is -1.52. The third kappa shape index (κ3) is 3.03. The van der Waals surface area contributed by atoms with E-state index in [0.29, 0.717) is 22.0 Å². The van der Waals surface area contributed by atoms with Gasteiger partial charge in [0.15, 0.2) is 0 Å². The predicted molar refractivity (Wildman–Crippen MR) is 78.0 cm³/mol. The Labute approximate surface area is 118 Å². The van der Waals surface area contributed by atoms with Crippen molar-refractivity contribution in [3.05, 3.63) is 57.5 Å². The number of nitrogen functional groups attached to an aromatic ring is 1. The topological polar surface area (TPSA) is 55.1 Å². The lowest BCUT2D eigenvalue weighted by molar-refractivity contribution is 0.102. The molecule has 0 bridgehead atoms. The number of rotatable bonds is 2. The highest BCUT2D eigenvalue weighted by atomic mass is 79.9. The van der Waals surface area contributed by atoms with Crippen LogP contribution in [0.5, 0.6) is 0 Å². The highest BCUT2D eigenvalue weighted by molar-refractivity contribution is 9.10. The van der Waals surface area contributed by atoms with Crippen molar-refractivity contribution in [2.75, 3.05) is 11.1 Å². The summed E-state index contributed by atoms with van der Waals surface area (Å²) in [6.45, 7) is 0. The molecule has 0 atom stereocenters. The maximum atomic E-state index is 12.0. The number of hydrogen-bond donors (Lipinski definition) is 2. The largest absolute Gasteiger partial charge is 0.399 e. The molecular weight excluding hydrogens is 316 g/mol. The van der Waals surface area contributed by atoms with E-state index in [2.05, 4.69) is 21.2 Å². The van der Waals surface area contributed by atoms with Gasteiger partial charge in [0.1, 0.15) is 0 Å². The minimum Gasteiger partial charge on any atom is -0.399 e. The van der Waals surface area contributed by atoms with Gasteiger partial charge in [-0.2, -0.15) is 0 Å². The summed E-state index contributed by atoms with van der Waals surface area (Å²) in [5.41, 5.74) is 7.29. The number of amides is 1. The van der Waals surface area contributed by atoms with Gasteiger partial charge < -0.3 is 11.1 Å². The van der Waals surface area contributed by atoms with Crippen LogP contribution >= 0.6 is 27.5 Å². The molecule has 92 valence electrons. The summed E-state index contributed by atoms with van der Waals surface area (Å²) in [6, 6.07) is 12.1. The van der Waals surface area contributed by atoms with Gasteiger partial charge in [-0.25, -0.2) is 0 Å². The number of benzene rings is 2. The first-order chi connectivity index (χ1) is 8.56. The molecule has 18 heavy (non-hydrogen) atoms. The van der Waals surface area contributed by atoms with Gasteiger partial charge in [0.2, 0.25) is 0 Å². The van der Waals surface area contributed by atoms with E-state index in [0.717, 1.165) is 4.47 Å². The van der Waals surface area contributed by atoms with Crippen molar-refractivity contribution < 1.29 is 4.79 Å². The molecule has 1 amide bonds. The molecule has 0 unspecified atom stereocenters. The van der Waals surface area contributed by atoms with Crippen molar-refractivity contribution in [2.24, 2.45) is 0 Å². The highest BCUT2D eigenvalue weighted by Crippen LogP contribution is 2.22. The van der Waals surface area contributed by atoms with Gasteiger partial charge >= 0.3 is 0 Å². The first-order valence-electron chi connectivity index (χ1n) is 5.18. The standard InChI is InChI=1S/C13H10BrClN2O/c14-8-4-5-11(12(15)6-8)13(18)17-10-3-1-2-9(16)7-10/h1-7H,16H2,(H,17,18). The van der Waals surface area contributed by atoms with Crippen LogP contribution in [-0.2, 0) is 0 Å². The van der Waals surface area contributed by atoms with Crippen molar-refractivity contribution in [1.82, 2.24) is 0 Å². The van der Waals surface area contributed by atoms with Gasteiger partial charge in [-0.05, 0) is 36.4 Å². The summed E-state index contributed by atoms with van der Waals surface area (Å²) in [6.07, 6.45) is 0. The van der Waals surface area contributed by atoms with Crippen LogP contribution in [0.15, 0.2) is 46.9 Å². The zero-order valence-electron chi connectivity index (χ0n) is 9.28. The molecule has 0 saturated heterocycles. The smallest absolute Gasteiger partial charge is 0.257 e. The van der Waals surface area contributed by atoms with Crippen molar-refractivity contribution in [3.63, 3.8) is 0 Å². The molecule has 3 N–H and O–H groups in total. The fourth-order valence-corrected chi connectivity index (χ4v) is 2.25. The molecular formula is C13H10BrClN2O. The molecule has 0 aromatic heterocycles. The third-order valence-corrected chi connectivity index (χ3v) is 3.13. The van der Waals surface area contributed by atoms with Gasteiger partial charge in [0.05, 0.1) is 10.6 Å². The first kappa shape index (κ1) is 12.9. The second kappa shape index (κ2) is 5.42. The quantitative estimate of drug-likeness (QED) is 0.822. The summed E-state index contributed by atoms with van der Waals surface area (Å²) in [5.74, 6) is -0.266. The van der Waals surface area contributed by atoms with Gasteiger partial charge in [-0.15, -0.1) is 0 Å². The predicted octanol–water partition coefficient (Wildman–Crippen LogP) is 3.94. The lowest BCUT2D eigenvalue weighted by atomic mass is 10.2. The van der Waals surface area contributed by atoms with Crippen molar-refractivity contribution in [2.45, 2.75) is 0 Å². The van der Waals surface area contributed by atoms with E-state index in [-0.39, 0.29) is 5.91 Å². The Morgan fingerprint density at radius 2 is 2.00 bits per heavy atom. The Morgan fingerprint density at radius 3 is 2.67 bits per heavy atom. The number of carbonyl (C=O) groups is 1. The molecule has 0 fully saturated rings. The molecule has 0 heterocycles. The van der Waals surface area contributed by atoms with E-state index in [4.69, 9.17) is 17.3 Å². The average molecular weight is 326 g/mol. The molecule has 0 radical (unpaired) electrons. The van der Waals surface area contributed by atoms with Gasteiger partial charge in [0.25, 0.3) is 5.91 Å². The van der Waals surface area contributed by atoms with Crippen LogP contribution in [0.4, 0.5) is 11.4 Å². The van der Waals surface area contributed by atoms with Crippen LogP contribution in [0.3, 0.4) is 0 Å².